The number of hydrogen-bond acceptors (Lipinski definition) is 6. The summed E-state index contributed by atoms with van der Waals surface area (Å²) in [4.78, 5) is 26.9. The van der Waals surface area contributed by atoms with Gasteiger partial charge in [0.25, 0.3) is 0 Å². The maximum atomic E-state index is 12.3. The fourth-order valence-electron chi connectivity index (χ4n) is 3.47. The van der Waals surface area contributed by atoms with E-state index < -0.39 is 5.91 Å². The van der Waals surface area contributed by atoms with Gasteiger partial charge in [0.1, 0.15) is 24.6 Å². The van der Waals surface area contributed by atoms with Crippen LogP contribution in [0.25, 0.3) is 0 Å². The number of morpholine rings is 1. The van der Waals surface area contributed by atoms with Crippen LogP contribution < -0.4 is 21.1 Å². The van der Waals surface area contributed by atoms with E-state index in [-0.39, 0.29) is 24.2 Å². The van der Waals surface area contributed by atoms with Crippen molar-refractivity contribution in [3.63, 3.8) is 0 Å². The fraction of sp³-hybridized carbons (Fsp3) is 0.375. The summed E-state index contributed by atoms with van der Waals surface area (Å²) >= 11 is 3.54. The Bertz CT molecular complexity index is 1010. The standard InChI is InChI=1S/C24H30BrN5O4/c1-16(28-22(31)15-23(32)29-19-5-2-17(3-6-19)24(26)27)18-4-7-21(20(25)14-18)34-13-10-30-8-11-33-12-9-30/h2-7,14,16H,8-13,15H2,1H3,(H3,26,27)(H,28,31)(H,29,32). The maximum absolute atomic E-state index is 12.3. The van der Waals surface area contributed by atoms with E-state index in [2.05, 4.69) is 31.5 Å². The smallest absolute Gasteiger partial charge is 0.233 e. The Kier molecular flexibility index (Phi) is 9.43. The largest absolute Gasteiger partial charge is 0.491 e. The summed E-state index contributed by atoms with van der Waals surface area (Å²) in [5, 5.41) is 12.9. The van der Waals surface area contributed by atoms with E-state index in [0.717, 1.165) is 48.6 Å². The summed E-state index contributed by atoms with van der Waals surface area (Å²) in [6.07, 6.45) is -0.303. The van der Waals surface area contributed by atoms with Gasteiger partial charge in [0.05, 0.1) is 23.7 Å². The van der Waals surface area contributed by atoms with Crippen LogP contribution in [0, 0.1) is 5.41 Å². The number of hydrogen-bond donors (Lipinski definition) is 4. The number of halogens is 1. The van der Waals surface area contributed by atoms with Gasteiger partial charge in [-0.25, -0.2) is 0 Å². The molecule has 0 saturated carbocycles. The van der Waals surface area contributed by atoms with Crippen LogP contribution in [0.3, 0.4) is 0 Å². The van der Waals surface area contributed by atoms with Crippen LogP contribution in [-0.4, -0.2) is 62.0 Å². The van der Waals surface area contributed by atoms with E-state index in [1.807, 2.05) is 25.1 Å². The van der Waals surface area contributed by atoms with Gasteiger partial charge in [-0.15, -0.1) is 0 Å². The molecule has 0 radical (unpaired) electrons. The Labute approximate surface area is 207 Å². The van der Waals surface area contributed by atoms with Crippen LogP contribution in [0.1, 0.15) is 30.5 Å². The van der Waals surface area contributed by atoms with Crippen LogP contribution in [-0.2, 0) is 14.3 Å². The summed E-state index contributed by atoms with van der Waals surface area (Å²) < 4.78 is 12.1. The van der Waals surface area contributed by atoms with Gasteiger partial charge in [-0.3, -0.25) is 19.9 Å². The number of benzene rings is 2. The Morgan fingerprint density at radius 2 is 1.88 bits per heavy atom. The Morgan fingerprint density at radius 3 is 2.53 bits per heavy atom. The topological polar surface area (TPSA) is 130 Å². The van der Waals surface area contributed by atoms with Crippen molar-refractivity contribution in [3.8, 4) is 5.75 Å². The van der Waals surface area contributed by atoms with E-state index in [0.29, 0.717) is 17.9 Å². The molecule has 0 bridgehead atoms. The summed E-state index contributed by atoms with van der Waals surface area (Å²) in [5.74, 6) is -0.117. The van der Waals surface area contributed by atoms with Gasteiger partial charge < -0.3 is 25.8 Å². The van der Waals surface area contributed by atoms with Crippen molar-refractivity contribution >= 4 is 39.3 Å². The molecule has 2 aromatic rings. The molecule has 1 aliphatic rings. The molecule has 0 aromatic heterocycles. The van der Waals surface area contributed by atoms with E-state index in [1.54, 1.807) is 24.3 Å². The molecule has 1 fully saturated rings. The van der Waals surface area contributed by atoms with Gasteiger partial charge in [-0.05, 0) is 64.8 Å². The zero-order chi connectivity index (χ0) is 24.5. The minimum atomic E-state index is -0.425. The molecule has 1 atom stereocenters. The number of anilines is 1. The van der Waals surface area contributed by atoms with Crippen molar-refractivity contribution in [2.45, 2.75) is 19.4 Å². The highest BCUT2D eigenvalue weighted by Crippen LogP contribution is 2.28. The van der Waals surface area contributed by atoms with Crippen molar-refractivity contribution < 1.29 is 19.1 Å². The molecular formula is C24H30BrN5O4. The highest BCUT2D eigenvalue weighted by Gasteiger charge is 2.15. The lowest BCUT2D eigenvalue weighted by atomic mass is 10.1. The average Bonchev–Trinajstić information content (AvgIpc) is 2.81. The Morgan fingerprint density at radius 1 is 1.18 bits per heavy atom. The van der Waals surface area contributed by atoms with Gasteiger partial charge in [0.2, 0.25) is 11.8 Å². The lowest BCUT2D eigenvalue weighted by Gasteiger charge is -2.26. The quantitative estimate of drug-likeness (QED) is 0.212. The second-order valence-electron chi connectivity index (χ2n) is 8.00. The number of amides is 2. The number of nitrogens with two attached hydrogens (primary N) is 1. The van der Waals surface area contributed by atoms with E-state index in [1.165, 1.54) is 0 Å². The molecule has 1 aliphatic heterocycles. The summed E-state index contributed by atoms with van der Waals surface area (Å²) in [6, 6.07) is 11.9. The van der Waals surface area contributed by atoms with E-state index in [4.69, 9.17) is 20.6 Å². The first-order chi connectivity index (χ1) is 16.3. The first-order valence-corrected chi connectivity index (χ1v) is 11.9. The molecule has 1 saturated heterocycles. The lowest BCUT2D eigenvalue weighted by Crippen LogP contribution is -2.38. The van der Waals surface area contributed by atoms with Crippen molar-refractivity contribution in [2.24, 2.45) is 5.73 Å². The van der Waals surface area contributed by atoms with Gasteiger partial charge >= 0.3 is 0 Å². The zero-order valence-electron chi connectivity index (χ0n) is 19.1. The highest BCUT2D eigenvalue weighted by molar-refractivity contribution is 9.10. The van der Waals surface area contributed by atoms with Crippen molar-refractivity contribution in [2.75, 3.05) is 44.8 Å². The fourth-order valence-corrected chi connectivity index (χ4v) is 3.98. The number of nitrogen functional groups attached to an aromatic ring is 1. The Balaban J connectivity index is 1.44. The van der Waals surface area contributed by atoms with Crippen molar-refractivity contribution in [1.29, 1.82) is 5.41 Å². The normalized spacial score (nSPS) is 14.8. The van der Waals surface area contributed by atoms with Crippen molar-refractivity contribution in [3.05, 3.63) is 58.1 Å². The van der Waals surface area contributed by atoms with Gasteiger partial charge in [-0.2, -0.15) is 0 Å². The van der Waals surface area contributed by atoms with Crippen LogP contribution >= 0.6 is 15.9 Å². The molecule has 3 rings (SSSR count). The summed E-state index contributed by atoms with van der Waals surface area (Å²) in [6.45, 7) is 6.65. The molecule has 10 heteroatoms. The Hall–Kier alpha value is -2.95. The lowest BCUT2D eigenvalue weighted by molar-refractivity contribution is -0.127. The molecule has 5 N–H and O–H groups in total. The molecule has 2 amide bonds. The molecule has 182 valence electrons. The second-order valence-corrected chi connectivity index (χ2v) is 8.85. The number of nitrogens with zero attached hydrogens (tertiary/aromatic N) is 1. The first-order valence-electron chi connectivity index (χ1n) is 11.1. The second kappa shape index (κ2) is 12.5. The number of amidine groups is 1. The van der Waals surface area contributed by atoms with Gasteiger partial charge in [-0.1, -0.05) is 6.07 Å². The number of nitrogens with one attached hydrogen (secondary N) is 3. The molecule has 34 heavy (non-hydrogen) atoms. The first kappa shape index (κ1) is 25.7. The van der Waals surface area contributed by atoms with Crippen LogP contribution in [0.5, 0.6) is 5.75 Å². The molecule has 0 spiro atoms. The third kappa shape index (κ3) is 7.82. The van der Waals surface area contributed by atoms with Crippen LogP contribution in [0.15, 0.2) is 46.9 Å². The van der Waals surface area contributed by atoms with Gasteiger partial charge in [0, 0.05) is 30.9 Å². The number of ether oxygens (including phenoxy) is 2. The predicted octanol–water partition coefficient (Wildman–Crippen LogP) is 2.65. The number of carbonyl (C=O) groups is 2. The minimum absolute atomic E-state index is 0.0505. The zero-order valence-corrected chi connectivity index (χ0v) is 20.7. The third-order valence-electron chi connectivity index (χ3n) is 5.40. The minimum Gasteiger partial charge on any atom is -0.491 e. The highest BCUT2D eigenvalue weighted by atomic mass is 79.9. The number of carbonyl (C=O) groups excluding carboxylic acids is 2. The van der Waals surface area contributed by atoms with E-state index >= 15 is 0 Å². The SMILES string of the molecule is CC(NC(=O)CC(=O)Nc1ccc(C(=N)N)cc1)c1ccc(OCCN2CCOCC2)c(Br)c1. The van der Waals surface area contributed by atoms with Crippen LogP contribution in [0.4, 0.5) is 5.69 Å². The van der Waals surface area contributed by atoms with Crippen molar-refractivity contribution in [1.82, 2.24) is 10.2 Å². The monoisotopic (exact) mass is 531 g/mol. The molecule has 0 aliphatic carbocycles. The third-order valence-corrected chi connectivity index (χ3v) is 6.02. The molecule has 1 heterocycles. The van der Waals surface area contributed by atoms with Gasteiger partial charge in [0.15, 0.2) is 0 Å². The maximum Gasteiger partial charge on any atom is 0.233 e. The average molecular weight is 532 g/mol. The summed E-state index contributed by atoms with van der Waals surface area (Å²) in [5.41, 5.74) is 7.40. The van der Waals surface area contributed by atoms with Crippen LogP contribution in [0.2, 0.25) is 0 Å². The number of rotatable bonds is 10. The molecular weight excluding hydrogens is 502 g/mol. The van der Waals surface area contributed by atoms with E-state index in [9.17, 15) is 9.59 Å². The summed E-state index contributed by atoms with van der Waals surface area (Å²) in [7, 11) is 0. The molecule has 2 aromatic carbocycles. The molecule has 9 nitrogen and oxygen atoms in total. The molecule has 1 unspecified atom stereocenters. The predicted molar refractivity (Wildman–Crippen MR) is 134 cm³/mol.